The van der Waals surface area contributed by atoms with Gasteiger partial charge in [0.2, 0.25) is 0 Å². The average Bonchev–Trinajstić information content (AvgIpc) is 2.53. The van der Waals surface area contributed by atoms with Gasteiger partial charge in [0.15, 0.2) is 6.39 Å². The summed E-state index contributed by atoms with van der Waals surface area (Å²) in [6.07, 6.45) is 3.14. The normalized spacial score (nSPS) is 11.1. The Hall–Kier alpha value is -1.52. The second kappa shape index (κ2) is 4.82. The fourth-order valence-corrected chi connectivity index (χ4v) is 0.968. The molecule has 0 aromatic carbocycles. The van der Waals surface area contributed by atoms with Crippen LogP contribution in [0.2, 0.25) is 0 Å². The van der Waals surface area contributed by atoms with E-state index in [0.717, 1.165) is 5.69 Å². The van der Waals surface area contributed by atoms with E-state index in [1.165, 1.54) is 6.39 Å². The molecule has 5 heteroatoms. The summed E-state index contributed by atoms with van der Waals surface area (Å²) in [7, 11) is 0. The van der Waals surface area contributed by atoms with E-state index in [0.29, 0.717) is 13.0 Å². The van der Waals surface area contributed by atoms with E-state index in [2.05, 4.69) is 10.3 Å². The number of hydrogen-bond acceptors (Lipinski definition) is 4. The fraction of sp³-hybridized carbons (Fsp3) is 0.600. The molecule has 0 saturated carbocycles. The molecule has 1 amide bonds. The molecule has 0 aliphatic carbocycles. The number of oxazole rings is 1. The van der Waals surface area contributed by atoms with Crippen molar-refractivity contribution < 1.29 is 13.9 Å². The van der Waals surface area contributed by atoms with Crippen LogP contribution in [0.15, 0.2) is 17.1 Å². The van der Waals surface area contributed by atoms with E-state index >= 15 is 0 Å². The van der Waals surface area contributed by atoms with Crippen molar-refractivity contribution >= 4 is 6.09 Å². The summed E-state index contributed by atoms with van der Waals surface area (Å²) in [6.45, 7) is 5.96. The fourth-order valence-electron chi connectivity index (χ4n) is 0.968. The maximum Gasteiger partial charge on any atom is 0.407 e. The Balaban J connectivity index is 2.18. The van der Waals surface area contributed by atoms with Crippen LogP contribution in [0.3, 0.4) is 0 Å². The number of amides is 1. The number of rotatable bonds is 3. The highest BCUT2D eigenvalue weighted by Crippen LogP contribution is 2.06. The smallest absolute Gasteiger partial charge is 0.407 e. The summed E-state index contributed by atoms with van der Waals surface area (Å²) >= 11 is 0. The molecule has 0 fully saturated rings. The molecule has 15 heavy (non-hydrogen) atoms. The molecular formula is C10H16N2O3. The second-order valence-corrected chi connectivity index (χ2v) is 4.16. The molecule has 1 rings (SSSR count). The van der Waals surface area contributed by atoms with Crippen molar-refractivity contribution in [2.75, 3.05) is 6.54 Å². The van der Waals surface area contributed by atoms with E-state index in [1.807, 2.05) is 20.8 Å². The van der Waals surface area contributed by atoms with Gasteiger partial charge in [0, 0.05) is 13.0 Å². The lowest BCUT2D eigenvalue weighted by molar-refractivity contribution is 0.0528. The molecule has 0 spiro atoms. The molecule has 0 aliphatic heterocycles. The van der Waals surface area contributed by atoms with Gasteiger partial charge in [-0.05, 0) is 20.8 Å². The van der Waals surface area contributed by atoms with Crippen molar-refractivity contribution in [1.29, 1.82) is 0 Å². The summed E-state index contributed by atoms with van der Waals surface area (Å²) in [5.74, 6) is 0. The van der Waals surface area contributed by atoms with Crippen LogP contribution in [0.5, 0.6) is 0 Å². The molecule has 5 nitrogen and oxygen atoms in total. The standard InChI is InChI=1S/C10H16N2O3/c1-10(2,3)15-9(13)11-5-4-8-6-14-7-12-8/h6-7H,4-5H2,1-3H3,(H,11,13). The molecule has 0 radical (unpaired) electrons. The largest absolute Gasteiger partial charge is 0.451 e. The van der Waals surface area contributed by atoms with Crippen LogP contribution in [0.4, 0.5) is 4.79 Å². The molecule has 0 aliphatic rings. The van der Waals surface area contributed by atoms with E-state index in [9.17, 15) is 4.79 Å². The lowest BCUT2D eigenvalue weighted by atomic mass is 10.2. The Morgan fingerprint density at radius 3 is 2.87 bits per heavy atom. The topological polar surface area (TPSA) is 64.4 Å². The van der Waals surface area contributed by atoms with Crippen LogP contribution in [0, 0.1) is 0 Å². The number of carbonyl (C=O) groups is 1. The molecular weight excluding hydrogens is 196 g/mol. The summed E-state index contributed by atoms with van der Waals surface area (Å²) in [6, 6.07) is 0. The summed E-state index contributed by atoms with van der Waals surface area (Å²) < 4.78 is 9.86. The van der Waals surface area contributed by atoms with Crippen LogP contribution in [0.1, 0.15) is 26.5 Å². The van der Waals surface area contributed by atoms with Gasteiger partial charge in [0.25, 0.3) is 0 Å². The van der Waals surface area contributed by atoms with Crippen LogP contribution in [-0.2, 0) is 11.2 Å². The van der Waals surface area contributed by atoms with Crippen molar-refractivity contribution in [2.45, 2.75) is 32.8 Å². The minimum Gasteiger partial charge on any atom is -0.451 e. The molecule has 1 aromatic rings. The minimum absolute atomic E-state index is 0.411. The average molecular weight is 212 g/mol. The lowest BCUT2D eigenvalue weighted by Gasteiger charge is -2.19. The van der Waals surface area contributed by atoms with E-state index < -0.39 is 11.7 Å². The zero-order chi connectivity index (χ0) is 11.3. The quantitative estimate of drug-likeness (QED) is 0.828. The van der Waals surface area contributed by atoms with Gasteiger partial charge in [-0.2, -0.15) is 0 Å². The first-order valence-electron chi connectivity index (χ1n) is 4.81. The van der Waals surface area contributed by atoms with Gasteiger partial charge < -0.3 is 14.5 Å². The van der Waals surface area contributed by atoms with Gasteiger partial charge in [-0.15, -0.1) is 0 Å². The Kier molecular flexibility index (Phi) is 3.71. The minimum atomic E-state index is -0.460. The predicted molar refractivity (Wildman–Crippen MR) is 54.4 cm³/mol. The summed E-state index contributed by atoms with van der Waals surface area (Å²) in [4.78, 5) is 15.1. The molecule has 0 bridgehead atoms. The molecule has 0 unspecified atom stereocenters. The number of alkyl carbamates (subject to hydrolysis) is 1. The number of ether oxygens (including phenoxy) is 1. The molecule has 84 valence electrons. The van der Waals surface area contributed by atoms with Gasteiger partial charge >= 0.3 is 6.09 Å². The Morgan fingerprint density at radius 1 is 1.60 bits per heavy atom. The Labute approximate surface area is 88.8 Å². The van der Waals surface area contributed by atoms with Gasteiger partial charge in [0.05, 0.1) is 5.69 Å². The van der Waals surface area contributed by atoms with Crippen LogP contribution < -0.4 is 5.32 Å². The van der Waals surface area contributed by atoms with Gasteiger partial charge in [-0.3, -0.25) is 0 Å². The van der Waals surface area contributed by atoms with E-state index in [1.54, 1.807) is 6.26 Å². The summed E-state index contributed by atoms with van der Waals surface area (Å²) in [5, 5.41) is 2.63. The number of carbonyl (C=O) groups excluding carboxylic acids is 1. The highest BCUT2D eigenvalue weighted by molar-refractivity contribution is 5.67. The number of nitrogens with one attached hydrogen (secondary N) is 1. The van der Waals surface area contributed by atoms with E-state index in [-0.39, 0.29) is 0 Å². The third-order valence-electron chi connectivity index (χ3n) is 1.53. The first kappa shape index (κ1) is 11.6. The highest BCUT2D eigenvalue weighted by Gasteiger charge is 2.15. The van der Waals surface area contributed by atoms with Crippen molar-refractivity contribution in [3.05, 3.63) is 18.4 Å². The Bertz CT molecular complexity index is 301. The monoisotopic (exact) mass is 212 g/mol. The van der Waals surface area contributed by atoms with E-state index in [4.69, 9.17) is 9.15 Å². The van der Waals surface area contributed by atoms with Gasteiger partial charge in [-0.1, -0.05) is 0 Å². The first-order chi connectivity index (χ1) is 6.97. The van der Waals surface area contributed by atoms with Gasteiger partial charge in [-0.25, -0.2) is 9.78 Å². The van der Waals surface area contributed by atoms with Crippen molar-refractivity contribution in [2.24, 2.45) is 0 Å². The number of hydrogen-bond donors (Lipinski definition) is 1. The Morgan fingerprint density at radius 2 is 2.33 bits per heavy atom. The second-order valence-electron chi connectivity index (χ2n) is 4.16. The molecule has 1 heterocycles. The third kappa shape index (κ3) is 5.05. The van der Waals surface area contributed by atoms with Gasteiger partial charge in [0.1, 0.15) is 11.9 Å². The van der Waals surface area contributed by atoms with Crippen LogP contribution >= 0.6 is 0 Å². The maximum absolute atomic E-state index is 11.2. The predicted octanol–water partition coefficient (Wildman–Crippen LogP) is 1.74. The summed E-state index contributed by atoms with van der Waals surface area (Å²) in [5.41, 5.74) is 0.351. The maximum atomic E-state index is 11.2. The molecule has 1 aromatic heterocycles. The van der Waals surface area contributed by atoms with Crippen LogP contribution in [0.25, 0.3) is 0 Å². The van der Waals surface area contributed by atoms with Crippen molar-refractivity contribution in [1.82, 2.24) is 10.3 Å². The molecule has 0 atom stereocenters. The number of nitrogens with zero attached hydrogens (tertiary/aromatic N) is 1. The molecule has 1 N–H and O–H groups in total. The lowest BCUT2D eigenvalue weighted by Crippen LogP contribution is -2.33. The number of aromatic nitrogens is 1. The third-order valence-corrected chi connectivity index (χ3v) is 1.53. The van der Waals surface area contributed by atoms with Crippen molar-refractivity contribution in [3.63, 3.8) is 0 Å². The zero-order valence-corrected chi connectivity index (χ0v) is 9.24. The van der Waals surface area contributed by atoms with Crippen LogP contribution in [-0.4, -0.2) is 23.2 Å². The molecule has 0 saturated heterocycles. The van der Waals surface area contributed by atoms with Crippen molar-refractivity contribution in [3.8, 4) is 0 Å². The SMILES string of the molecule is CC(C)(C)OC(=O)NCCc1cocn1. The zero-order valence-electron chi connectivity index (χ0n) is 9.24. The highest BCUT2D eigenvalue weighted by atomic mass is 16.6. The first-order valence-corrected chi connectivity index (χ1v) is 4.81.